The van der Waals surface area contributed by atoms with Crippen LogP contribution in [0.3, 0.4) is 0 Å². The van der Waals surface area contributed by atoms with Gasteiger partial charge in [-0.1, -0.05) is 32.8 Å². The average molecular weight is 392 g/mol. The van der Waals surface area contributed by atoms with Gasteiger partial charge in [-0.15, -0.1) is 11.3 Å². The molecule has 2 heterocycles. The first-order valence-corrected chi connectivity index (χ1v) is 10.8. The molecule has 0 radical (unpaired) electrons. The number of amides is 3. The fourth-order valence-electron chi connectivity index (χ4n) is 3.91. The lowest BCUT2D eigenvalue weighted by atomic mass is 10.0. The van der Waals surface area contributed by atoms with Crippen LogP contribution in [0.2, 0.25) is 0 Å². The number of rotatable bonds is 5. The van der Waals surface area contributed by atoms with E-state index < -0.39 is 6.04 Å². The lowest BCUT2D eigenvalue weighted by Gasteiger charge is -2.38. The Morgan fingerprint density at radius 1 is 1.07 bits per heavy atom. The van der Waals surface area contributed by atoms with Crippen LogP contribution in [-0.2, 0) is 9.59 Å². The Kier molecular flexibility index (Phi) is 6.52. The number of nitrogens with zero attached hydrogens (tertiary/aromatic N) is 2. The van der Waals surface area contributed by atoms with Crippen molar-refractivity contribution in [1.82, 2.24) is 15.1 Å². The topological polar surface area (TPSA) is 69.7 Å². The van der Waals surface area contributed by atoms with Crippen LogP contribution in [0.4, 0.5) is 0 Å². The largest absolute Gasteiger partial charge is 0.339 e. The number of thiophene rings is 1. The molecule has 0 spiro atoms. The fraction of sp³-hybridized carbons (Fsp3) is 0.650. The molecule has 1 unspecified atom stereocenters. The van der Waals surface area contributed by atoms with Crippen LogP contribution in [0.25, 0.3) is 0 Å². The number of hydrogen-bond acceptors (Lipinski definition) is 4. The third-order valence-electron chi connectivity index (χ3n) is 5.57. The highest BCUT2D eigenvalue weighted by Crippen LogP contribution is 2.27. The van der Waals surface area contributed by atoms with Crippen molar-refractivity contribution in [2.45, 2.75) is 45.6 Å². The molecule has 1 saturated heterocycles. The molecule has 148 valence electrons. The van der Waals surface area contributed by atoms with E-state index in [0.29, 0.717) is 31.1 Å². The zero-order valence-corrected chi connectivity index (χ0v) is 17.0. The van der Waals surface area contributed by atoms with Crippen molar-refractivity contribution in [3.63, 3.8) is 0 Å². The van der Waals surface area contributed by atoms with E-state index >= 15 is 0 Å². The Hall–Kier alpha value is -1.89. The van der Waals surface area contributed by atoms with E-state index in [-0.39, 0.29) is 29.6 Å². The van der Waals surface area contributed by atoms with E-state index in [2.05, 4.69) is 5.32 Å². The molecule has 1 aromatic heterocycles. The summed E-state index contributed by atoms with van der Waals surface area (Å²) >= 11 is 1.37. The molecule has 27 heavy (non-hydrogen) atoms. The molecule has 1 aliphatic carbocycles. The van der Waals surface area contributed by atoms with Crippen molar-refractivity contribution in [2.24, 2.45) is 11.8 Å². The predicted molar refractivity (Wildman–Crippen MR) is 106 cm³/mol. The molecule has 1 aliphatic heterocycles. The first kappa shape index (κ1) is 19.9. The second-order valence-corrected chi connectivity index (χ2v) is 8.75. The minimum atomic E-state index is -0.545. The Morgan fingerprint density at radius 3 is 2.26 bits per heavy atom. The van der Waals surface area contributed by atoms with Crippen molar-refractivity contribution in [1.29, 1.82) is 0 Å². The molecule has 2 fully saturated rings. The highest BCUT2D eigenvalue weighted by Gasteiger charge is 2.34. The van der Waals surface area contributed by atoms with Crippen LogP contribution >= 0.6 is 11.3 Å². The normalized spacial score (nSPS) is 19.4. The molecular formula is C20H29N3O3S. The summed E-state index contributed by atoms with van der Waals surface area (Å²) in [5, 5.41) is 4.74. The molecule has 1 aromatic rings. The van der Waals surface area contributed by atoms with Gasteiger partial charge in [0.25, 0.3) is 5.91 Å². The van der Waals surface area contributed by atoms with Crippen LogP contribution in [0.1, 0.15) is 49.2 Å². The van der Waals surface area contributed by atoms with Gasteiger partial charge in [0.2, 0.25) is 11.8 Å². The molecule has 1 atom stereocenters. The molecule has 6 nitrogen and oxygen atoms in total. The Labute approximate surface area is 164 Å². The van der Waals surface area contributed by atoms with E-state index in [0.717, 1.165) is 25.7 Å². The Balaban J connectivity index is 1.55. The van der Waals surface area contributed by atoms with E-state index in [9.17, 15) is 14.4 Å². The van der Waals surface area contributed by atoms with Gasteiger partial charge in [-0.2, -0.15) is 0 Å². The van der Waals surface area contributed by atoms with Crippen LogP contribution in [0.5, 0.6) is 0 Å². The summed E-state index contributed by atoms with van der Waals surface area (Å²) in [4.78, 5) is 42.2. The summed E-state index contributed by atoms with van der Waals surface area (Å²) in [5.74, 6) is 0.182. The summed E-state index contributed by atoms with van der Waals surface area (Å²) in [5.41, 5.74) is 0. The standard InChI is InChI=1S/C20H29N3O3S/c1-14(2)17(21-18(24)16-8-5-13-27-16)20(26)23-11-9-22(10-12-23)19(25)15-6-3-4-7-15/h5,8,13-15,17H,3-4,6-7,9-12H2,1-2H3,(H,21,24). The third-order valence-corrected chi connectivity index (χ3v) is 6.44. The van der Waals surface area contributed by atoms with Crippen molar-refractivity contribution >= 4 is 29.1 Å². The molecule has 1 N–H and O–H groups in total. The average Bonchev–Trinajstić information content (AvgIpc) is 3.38. The van der Waals surface area contributed by atoms with Crippen molar-refractivity contribution < 1.29 is 14.4 Å². The van der Waals surface area contributed by atoms with Crippen LogP contribution in [0.15, 0.2) is 17.5 Å². The minimum absolute atomic E-state index is 0.000405. The van der Waals surface area contributed by atoms with Gasteiger partial charge in [0, 0.05) is 32.1 Å². The second kappa shape index (κ2) is 8.87. The first-order valence-electron chi connectivity index (χ1n) is 9.89. The summed E-state index contributed by atoms with van der Waals surface area (Å²) in [6.07, 6.45) is 4.30. The summed E-state index contributed by atoms with van der Waals surface area (Å²) < 4.78 is 0. The number of carbonyl (C=O) groups is 3. The lowest BCUT2D eigenvalue weighted by Crippen LogP contribution is -2.57. The molecule has 7 heteroatoms. The zero-order valence-electron chi connectivity index (χ0n) is 16.1. The maximum atomic E-state index is 13.0. The Morgan fingerprint density at radius 2 is 1.70 bits per heavy atom. The van der Waals surface area contributed by atoms with Crippen molar-refractivity contribution in [2.75, 3.05) is 26.2 Å². The SMILES string of the molecule is CC(C)C(NC(=O)c1cccs1)C(=O)N1CCN(C(=O)C2CCCC2)CC1. The quantitative estimate of drug-likeness (QED) is 0.838. The number of piperazine rings is 1. The van der Waals surface area contributed by atoms with E-state index in [1.165, 1.54) is 11.3 Å². The lowest BCUT2D eigenvalue weighted by molar-refractivity contribution is -0.143. The first-order chi connectivity index (χ1) is 13.0. The molecule has 0 aromatic carbocycles. The Bertz CT molecular complexity index is 660. The molecule has 3 amide bonds. The molecule has 1 saturated carbocycles. The summed E-state index contributed by atoms with van der Waals surface area (Å²) in [6.45, 7) is 6.13. The van der Waals surface area contributed by atoms with Crippen LogP contribution in [-0.4, -0.2) is 59.7 Å². The predicted octanol–water partition coefficient (Wildman–Crippen LogP) is 2.36. The van der Waals surface area contributed by atoms with E-state index in [1.54, 1.807) is 11.0 Å². The van der Waals surface area contributed by atoms with Gasteiger partial charge >= 0.3 is 0 Å². The van der Waals surface area contributed by atoms with E-state index in [4.69, 9.17) is 0 Å². The van der Waals surface area contributed by atoms with Gasteiger partial charge in [0.05, 0.1) is 4.88 Å². The number of carbonyl (C=O) groups excluding carboxylic acids is 3. The molecule has 0 bridgehead atoms. The second-order valence-electron chi connectivity index (χ2n) is 7.80. The monoisotopic (exact) mass is 391 g/mol. The van der Waals surface area contributed by atoms with Crippen molar-refractivity contribution in [3.05, 3.63) is 22.4 Å². The van der Waals surface area contributed by atoms with Gasteiger partial charge in [0.1, 0.15) is 6.04 Å². The van der Waals surface area contributed by atoms with Gasteiger partial charge in [-0.25, -0.2) is 0 Å². The summed E-state index contributed by atoms with van der Waals surface area (Å²) in [6, 6.07) is 3.04. The molecule has 2 aliphatic rings. The summed E-state index contributed by atoms with van der Waals surface area (Å²) in [7, 11) is 0. The van der Waals surface area contributed by atoms with Gasteiger partial charge in [-0.05, 0) is 30.2 Å². The molecule has 3 rings (SSSR count). The molecular weight excluding hydrogens is 362 g/mol. The third kappa shape index (κ3) is 4.69. The smallest absolute Gasteiger partial charge is 0.262 e. The number of nitrogens with one attached hydrogen (secondary N) is 1. The fourth-order valence-corrected chi connectivity index (χ4v) is 4.54. The van der Waals surface area contributed by atoms with Crippen LogP contribution < -0.4 is 5.32 Å². The van der Waals surface area contributed by atoms with Crippen molar-refractivity contribution in [3.8, 4) is 0 Å². The van der Waals surface area contributed by atoms with Gasteiger partial charge in [-0.3, -0.25) is 14.4 Å². The van der Waals surface area contributed by atoms with Gasteiger partial charge < -0.3 is 15.1 Å². The zero-order chi connectivity index (χ0) is 19.4. The highest BCUT2D eigenvalue weighted by molar-refractivity contribution is 7.12. The minimum Gasteiger partial charge on any atom is -0.339 e. The highest BCUT2D eigenvalue weighted by atomic mass is 32.1. The van der Waals surface area contributed by atoms with E-state index in [1.807, 2.05) is 30.2 Å². The van der Waals surface area contributed by atoms with Gasteiger partial charge in [0.15, 0.2) is 0 Å². The number of hydrogen-bond donors (Lipinski definition) is 1. The maximum Gasteiger partial charge on any atom is 0.262 e. The maximum absolute atomic E-state index is 13.0. The van der Waals surface area contributed by atoms with Crippen LogP contribution in [0, 0.1) is 11.8 Å².